The van der Waals surface area contributed by atoms with E-state index in [1.54, 1.807) is 5.43 Å². The topological polar surface area (TPSA) is 209 Å². The average Bonchev–Trinajstić information content (AvgIpc) is 3.38. The third kappa shape index (κ3) is 7.41. The van der Waals surface area contributed by atoms with E-state index in [0.29, 0.717) is 5.69 Å². The van der Waals surface area contributed by atoms with Crippen LogP contribution in [-0.4, -0.2) is 55.4 Å². The molecule has 3 aromatic carbocycles. The van der Waals surface area contributed by atoms with Crippen LogP contribution in [0.15, 0.2) is 82.6 Å². The fourth-order valence-corrected chi connectivity index (χ4v) is 5.50. The summed E-state index contributed by atoms with van der Waals surface area (Å²) in [6, 6.07) is 14.5. The van der Waals surface area contributed by atoms with Crippen molar-refractivity contribution in [1.29, 1.82) is 0 Å². The van der Waals surface area contributed by atoms with Gasteiger partial charge in [-0.2, -0.15) is 14.0 Å². The zero-order valence-electron chi connectivity index (χ0n) is 20.8. The molecule has 0 aliphatic heterocycles. The van der Waals surface area contributed by atoms with Crippen molar-refractivity contribution in [1.82, 2.24) is 30.4 Å². The van der Waals surface area contributed by atoms with E-state index >= 15 is 0 Å². The highest BCUT2D eigenvalue weighted by molar-refractivity contribution is 7.92. The van der Waals surface area contributed by atoms with Gasteiger partial charge >= 0.3 is 18.4 Å². The third-order valence-corrected chi connectivity index (χ3v) is 8.12. The Balaban J connectivity index is 1.41. The van der Waals surface area contributed by atoms with Gasteiger partial charge in [-0.3, -0.25) is 20.4 Å². The third-order valence-electron chi connectivity index (χ3n) is 5.15. The van der Waals surface area contributed by atoms with Crippen molar-refractivity contribution in [3.8, 4) is 5.69 Å². The van der Waals surface area contributed by atoms with Crippen LogP contribution >= 0.6 is 12.2 Å². The normalized spacial score (nSPS) is 11.5. The Morgan fingerprint density at radius 3 is 2.14 bits per heavy atom. The fraction of sp³-hybridized carbons (Fsp3) is 0.0455. The van der Waals surface area contributed by atoms with Crippen molar-refractivity contribution in [3.63, 3.8) is 0 Å². The second kappa shape index (κ2) is 12.3. The molecular formula is C22H19F2N9O6S3. The Bertz CT molecular complexity index is 1900. The number of halogens is 2. The molecule has 0 radical (unpaired) electrons. The maximum atomic E-state index is 12.9. The number of rotatable bonds is 10. The SMILES string of the molecule is O=C(Nc1cccc(S(=O)(=O)Nc2ccc(NNC(=O)C(F)F)cc2)c1)NS(=O)(=O)c1cccc(-n2[nH]nnc2=S)c1. The average molecular weight is 640 g/mol. The maximum absolute atomic E-state index is 12.9. The van der Waals surface area contributed by atoms with Gasteiger partial charge in [0.25, 0.3) is 20.0 Å². The lowest BCUT2D eigenvalue weighted by molar-refractivity contribution is -0.131. The molecule has 0 aliphatic rings. The number of H-pyrrole nitrogens is 1. The molecule has 0 bridgehead atoms. The van der Waals surface area contributed by atoms with E-state index in [4.69, 9.17) is 12.2 Å². The number of tetrazole rings is 1. The standard InChI is InChI=1S/C22H19F2N9O6S3/c23-19(24)20(34)27-26-13-7-9-14(10-8-13)29-41(36,37)17-5-1-3-15(11-17)25-21(35)30-42(38,39)18-6-2-4-16(12-18)33-22(40)28-31-32-33/h1-12,19,26,29H,(H,27,34)(H2,25,30,35)(H,28,32,40). The smallest absolute Gasteiger partial charge is 0.307 e. The first kappa shape index (κ1) is 30.0. The van der Waals surface area contributed by atoms with E-state index in [-0.39, 0.29) is 31.6 Å². The van der Waals surface area contributed by atoms with Gasteiger partial charge < -0.3 is 5.32 Å². The number of amides is 3. The van der Waals surface area contributed by atoms with E-state index in [9.17, 15) is 35.2 Å². The van der Waals surface area contributed by atoms with Crippen LogP contribution in [0, 0.1) is 4.77 Å². The number of benzene rings is 3. The van der Waals surface area contributed by atoms with Gasteiger partial charge in [-0.1, -0.05) is 22.4 Å². The Hall–Kier alpha value is -4.95. The molecule has 220 valence electrons. The minimum absolute atomic E-state index is 0.0384. The highest BCUT2D eigenvalue weighted by Crippen LogP contribution is 2.21. The van der Waals surface area contributed by atoms with Crippen LogP contribution in [0.5, 0.6) is 0 Å². The van der Waals surface area contributed by atoms with Crippen LogP contribution in [-0.2, 0) is 24.8 Å². The number of aromatic amines is 1. The zero-order valence-corrected chi connectivity index (χ0v) is 23.2. The monoisotopic (exact) mass is 639 g/mol. The van der Waals surface area contributed by atoms with Crippen molar-refractivity contribution in [3.05, 3.63) is 77.6 Å². The highest BCUT2D eigenvalue weighted by atomic mass is 32.2. The number of nitrogens with zero attached hydrogens (tertiary/aromatic N) is 3. The summed E-state index contributed by atoms with van der Waals surface area (Å²) < 4.78 is 81.3. The molecule has 0 fully saturated rings. The molecule has 3 amide bonds. The molecular weight excluding hydrogens is 620 g/mol. The van der Waals surface area contributed by atoms with Gasteiger partial charge in [0, 0.05) is 11.4 Å². The predicted molar refractivity (Wildman–Crippen MR) is 147 cm³/mol. The minimum atomic E-state index is -4.36. The molecule has 42 heavy (non-hydrogen) atoms. The number of sulfonamides is 2. The first-order valence-electron chi connectivity index (χ1n) is 11.4. The molecule has 0 aliphatic carbocycles. The number of carbonyl (C=O) groups is 2. The van der Waals surface area contributed by atoms with Crippen LogP contribution in [0.1, 0.15) is 0 Å². The molecule has 15 nitrogen and oxygen atoms in total. The largest absolute Gasteiger partial charge is 0.333 e. The van der Waals surface area contributed by atoms with E-state index < -0.39 is 38.4 Å². The van der Waals surface area contributed by atoms with E-state index in [1.165, 1.54) is 71.4 Å². The van der Waals surface area contributed by atoms with Crippen LogP contribution in [0.3, 0.4) is 0 Å². The molecule has 4 aromatic rings. The van der Waals surface area contributed by atoms with Gasteiger partial charge in [-0.05, 0) is 72.9 Å². The molecule has 4 rings (SSSR count). The molecule has 0 saturated heterocycles. The van der Waals surface area contributed by atoms with Gasteiger partial charge in [0.05, 0.1) is 21.2 Å². The molecule has 1 aromatic heterocycles. The summed E-state index contributed by atoms with van der Waals surface area (Å²) in [6.07, 6.45) is -3.22. The number of nitrogens with one attached hydrogen (secondary N) is 6. The summed E-state index contributed by atoms with van der Waals surface area (Å²) in [7, 11) is -8.54. The number of hydrogen-bond acceptors (Lipinski definition) is 10. The summed E-state index contributed by atoms with van der Waals surface area (Å²) in [5, 5.41) is 11.9. The lowest BCUT2D eigenvalue weighted by Crippen LogP contribution is -2.34. The molecule has 6 N–H and O–H groups in total. The van der Waals surface area contributed by atoms with E-state index in [2.05, 4.69) is 31.0 Å². The Labute approximate surface area is 241 Å². The lowest BCUT2D eigenvalue weighted by Gasteiger charge is -2.12. The highest BCUT2D eigenvalue weighted by Gasteiger charge is 2.20. The van der Waals surface area contributed by atoms with Crippen LogP contribution in [0.4, 0.5) is 30.6 Å². The van der Waals surface area contributed by atoms with Crippen molar-refractivity contribution in [2.24, 2.45) is 0 Å². The van der Waals surface area contributed by atoms with Gasteiger partial charge in [0.1, 0.15) is 0 Å². The molecule has 0 spiro atoms. The Morgan fingerprint density at radius 1 is 0.857 bits per heavy atom. The predicted octanol–water partition coefficient (Wildman–Crippen LogP) is 2.34. The molecule has 1 heterocycles. The summed E-state index contributed by atoms with van der Waals surface area (Å²) >= 11 is 5.00. The number of alkyl halides is 2. The van der Waals surface area contributed by atoms with Crippen molar-refractivity contribution < 1.29 is 35.2 Å². The Morgan fingerprint density at radius 2 is 1.50 bits per heavy atom. The van der Waals surface area contributed by atoms with Gasteiger partial charge in [-0.25, -0.2) is 31.0 Å². The molecule has 20 heteroatoms. The summed E-state index contributed by atoms with van der Waals surface area (Å²) in [6.45, 7) is 0. The van der Waals surface area contributed by atoms with Crippen molar-refractivity contribution in [2.45, 2.75) is 16.2 Å². The first-order chi connectivity index (χ1) is 19.8. The quantitative estimate of drug-likeness (QED) is 0.110. The van der Waals surface area contributed by atoms with E-state index in [0.717, 1.165) is 6.07 Å². The van der Waals surface area contributed by atoms with Crippen molar-refractivity contribution >= 4 is 61.3 Å². The first-order valence-corrected chi connectivity index (χ1v) is 14.7. The second-order valence-electron chi connectivity index (χ2n) is 8.10. The van der Waals surface area contributed by atoms with Crippen LogP contribution < -0.4 is 25.6 Å². The summed E-state index contributed by atoms with van der Waals surface area (Å²) in [5.74, 6) is -1.54. The van der Waals surface area contributed by atoms with Crippen LogP contribution in [0.2, 0.25) is 0 Å². The van der Waals surface area contributed by atoms with E-state index in [1.807, 2.05) is 4.72 Å². The number of anilines is 3. The molecule has 0 unspecified atom stereocenters. The number of urea groups is 1. The fourth-order valence-electron chi connectivity index (χ4n) is 3.26. The number of hydrazine groups is 1. The number of carbonyl (C=O) groups excluding carboxylic acids is 2. The van der Waals surface area contributed by atoms with Crippen molar-refractivity contribution in [2.75, 3.05) is 15.5 Å². The number of hydrogen-bond donors (Lipinski definition) is 6. The second-order valence-corrected chi connectivity index (χ2v) is 11.8. The van der Waals surface area contributed by atoms with Gasteiger partial charge in [-0.15, -0.1) is 0 Å². The minimum Gasteiger partial charge on any atom is -0.307 e. The zero-order chi connectivity index (χ0) is 30.5. The molecule has 0 atom stereocenters. The lowest BCUT2D eigenvalue weighted by atomic mass is 10.3. The Kier molecular flexibility index (Phi) is 8.78. The van der Waals surface area contributed by atoms with Gasteiger partial charge in [0.15, 0.2) is 0 Å². The summed E-state index contributed by atoms with van der Waals surface area (Å²) in [5.41, 5.74) is 4.59. The van der Waals surface area contributed by atoms with Gasteiger partial charge in [0.2, 0.25) is 4.77 Å². The molecule has 0 saturated carbocycles. The summed E-state index contributed by atoms with van der Waals surface area (Å²) in [4.78, 5) is 22.9. The maximum Gasteiger partial charge on any atom is 0.333 e. The van der Waals surface area contributed by atoms with Crippen LogP contribution in [0.25, 0.3) is 5.69 Å². The number of aromatic nitrogens is 4.